The second-order valence-corrected chi connectivity index (χ2v) is 17.0. The molecule has 0 amide bonds. The van der Waals surface area contributed by atoms with Gasteiger partial charge in [-0.05, 0) is 80.9 Å². The van der Waals surface area contributed by atoms with Crippen LogP contribution in [-0.4, -0.2) is 9.97 Å². The van der Waals surface area contributed by atoms with Gasteiger partial charge in [-0.3, -0.25) is 0 Å². The average Bonchev–Trinajstić information content (AvgIpc) is 3.80. The summed E-state index contributed by atoms with van der Waals surface area (Å²) in [4.78, 5) is 12.7. The predicted octanol–water partition coefficient (Wildman–Crippen LogP) is 14.3. The molecule has 0 radical (unpaired) electrons. The first-order chi connectivity index (χ1) is 28.2. The minimum absolute atomic E-state index is 0.459. The molecule has 266 valence electrons. The number of fused-ring (bicyclic) bond motifs is 13. The van der Waals surface area contributed by atoms with Gasteiger partial charge in [0, 0.05) is 46.7 Å². The standard InChI is InChI=1S/C53H32N2S2/c1-3-13-34(14-4-1)44-32-45(55-52(54-44)36-15-5-2-6-16-36)35-25-23-33(24-26-35)37-27-28-38-43(31-37)53(40-18-8-11-21-47(40)57-48-22-12-9-19-41(48)53)42-29-30-49-51(50(38)42)39-17-7-10-20-46(39)56-49/h1-32H. The van der Waals surface area contributed by atoms with Crippen LogP contribution in [0.15, 0.2) is 204 Å². The molecule has 0 unspecified atom stereocenters. The molecule has 2 aromatic heterocycles. The number of thiophene rings is 1. The molecule has 8 aromatic carbocycles. The quantitative estimate of drug-likeness (QED) is 0.179. The second-order valence-electron chi connectivity index (χ2n) is 14.8. The maximum Gasteiger partial charge on any atom is 0.160 e. The van der Waals surface area contributed by atoms with E-state index in [4.69, 9.17) is 9.97 Å². The van der Waals surface area contributed by atoms with Crippen molar-refractivity contribution in [3.63, 3.8) is 0 Å². The Labute approximate surface area is 339 Å². The third-order valence-electron chi connectivity index (χ3n) is 11.8. The van der Waals surface area contributed by atoms with Crippen molar-refractivity contribution < 1.29 is 0 Å². The van der Waals surface area contributed by atoms with Crippen LogP contribution in [0.5, 0.6) is 0 Å². The summed E-state index contributed by atoms with van der Waals surface area (Å²) in [5, 5.41) is 2.70. The summed E-state index contributed by atoms with van der Waals surface area (Å²) in [5.41, 5.74) is 14.9. The highest BCUT2D eigenvalue weighted by atomic mass is 32.2. The molecule has 2 aliphatic rings. The van der Waals surface area contributed by atoms with E-state index in [1.54, 1.807) is 0 Å². The van der Waals surface area contributed by atoms with Crippen molar-refractivity contribution in [3.8, 4) is 56.2 Å². The lowest BCUT2D eigenvalue weighted by Gasteiger charge is -2.39. The van der Waals surface area contributed by atoms with E-state index in [1.807, 2.05) is 47.4 Å². The van der Waals surface area contributed by atoms with Gasteiger partial charge >= 0.3 is 0 Å². The normalized spacial score (nSPS) is 13.3. The van der Waals surface area contributed by atoms with E-state index in [1.165, 1.54) is 74.5 Å². The van der Waals surface area contributed by atoms with E-state index < -0.39 is 5.41 Å². The molecule has 3 heterocycles. The third-order valence-corrected chi connectivity index (χ3v) is 14.1. The summed E-state index contributed by atoms with van der Waals surface area (Å²) in [6.07, 6.45) is 0. The Hall–Kier alpha value is -6.59. The van der Waals surface area contributed by atoms with Crippen LogP contribution in [-0.2, 0) is 5.41 Å². The van der Waals surface area contributed by atoms with Crippen molar-refractivity contribution in [2.75, 3.05) is 0 Å². The number of rotatable bonds is 4. The minimum Gasteiger partial charge on any atom is -0.228 e. The van der Waals surface area contributed by atoms with E-state index in [0.717, 1.165) is 33.9 Å². The Morgan fingerprint density at radius 1 is 0.386 bits per heavy atom. The van der Waals surface area contributed by atoms with E-state index in [0.29, 0.717) is 0 Å². The SMILES string of the molecule is c1ccc(-c2cc(-c3ccc(-c4ccc5c(c4)C4(c6ccccc6Sc6ccccc64)c4ccc6sc7ccccc7c6c4-5)cc3)nc(-c3ccccc3)n2)cc1. The molecule has 1 aliphatic carbocycles. The van der Waals surface area contributed by atoms with E-state index in [-0.39, 0.29) is 0 Å². The largest absolute Gasteiger partial charge is 0.228 e. The maximum atomic E-state index is 5.10. The zero-order valence-corrected chi connectivity index (χ0v) is 32.3. The van der Waals surface area contributed by atoms with Gasteiger partial charge in [0.15, 0.2) is 5.82 Å². The predicted molar refractivity (Wildman–Crippen MR) is 238 cm³/mol. The first kappa shape index (κ1) is 32.6. The zero-order valence-electron chi connectivity index (χ0n) is 30.7. The topological polar surface area (TPSA) is 25.8 Å². The fourth-order valence-corrected chi connectivity index (χ4v) is 11.6. The summed E-state index contributed by atoms with van der Waals surface area (Å²) in [5.74, 6) is 0.721. The number of nitrogens with zero attached hydrogens (tertiary/aromatic N) is 2. The lowest BCUT2D eigenvalue weighted by Crippen LogP contribution is -2.31. The Morgan fingerprint density at radius 2 is 0.965 bits per heavy atom. The summed E-state index contributed by atoms with van der Waals surface area (Å²) in [6.45, 7) is 0. The smallest absolute Gasteiger partial charge is 0.160 e. The number of aromatic nitrogens is 2. The van der Waals surface area contributed by atoms with Gasteiger partial charge in [-0.1, -0.05) is 169 Å². The van der Waals surface area contributed by atoms with Crippen molar-refractivity contribution in [3.05, 3.63) is 216 Å². The highest BCUT2D eigenvalue weighted by Crippen LogP contribution is 2.64. The van der Waals surface area contributed by atoms with Gasteiger partial charge in [0.25, 0.3) is 0 Å². The molecular formula is C53H32N2S2. The molecule has 2 nitrogen and oxygen atoms in total. The molecular weight excluding hydrogens is 729 g/mol. The van der Waals surface area contributed by atoms with Gasteiger partial charge < -0.3 is 0 Å². The van der Waals surface area contributed by atoms with Crippen LogP contribution in [0.1, 0.15) is 22.3 Å². The van der Waals surface area contributed by atoms with Crippen molar-refractivity contribution in [1.29, 1.82) is 0 Å². The first-order valence-electron chi connectivity index (χ1n) is 19.3. The average molecular weight is 761 g/mol. The molecule has 0 saturated carbocycles. The highest BCUT2D eigenvalue weighted by molar-refractivity contribution is 7.99. The molecule has 0 fully saturated rings. The van der Waals surface area contributed by atoms with Crippen LogP contribution in [0.3, 0.4) is 0 Å². The molecule has 1 spiro atoms. The molecule has 0 N–H and O–H groups in total. The second kappa shape index (κ2) is 12.7. The Kier molecular flexibility index (Phi) is 7.28. The molecule has 1 aliphatic heterocycles. The monoisotopic (exact) mass is 760 g/mol. The van der Waals surface area contributed by atoms with Crippen molar-refractivity contribution in [2.45, 2.75) is 15.2 Å². The highest BCUT2D eigenvalue weighted by Gasteiger charge is 2.51. The van der Waals surface area contributed by atoms with Gasteiger partial charge in [-0.25, -0.2) is 9.97 Å². The van der Waals surface area contributed by atoms with Gasteiger partial charge in [0.2, 0.25) is 0 Å². The third kappa shape index (κ3) is 4.91. The Morgan fingerprint density at radius 3 is 1.68 bits per heavy atom. The molecule has 0 atom stereocenters. The number of hydrogen-bond donors (Lipinski definition) is 0. The molecule has 0 bridgehead atoms. The summed E-state index contributed by atoms with van der Waals surface area (Å²) in [6, 6.07) is 70.7. The van der Waals surface area contributed by atoms with Crippen molar-refractivity contribution >= 4 is 43.3 Å². The van der Waals surface area contributed by atoms with Crippen molar-refractivity contribution in [1.82, 2.24) is 9.97 Å². The van der Waals surface area contributed by atoms with Crippen LogP contribution in [0.4, 0.5) is 0 Å². The number of benzene rings is 8. The van der Waals surface area contributed by atoms with E-state index in [2.05, 4.69) is 170 Å². The van der Waals surface area contributed by atoms with Crippen LogP contribution in [0, 0.1) is 0 Å². The first-order valence-corrected chi connectivity index (χ1v) is 20.9. The lowest BCUT2D eigenvalue weighted by molar-refractivity contribution is 0.723. The van der Waals surface area contributed by atoms with E-state index >= 15 is 0 Å². The van der Waals surface area contributed by atoms with Crippen molar-refractivity contribution in [2.24, 2.45) is 0 Å². The maximum absolute atomic E-state index is 5.10. The molecule has 10 aromatic rings. The fourth-order valence-electron chi connectivity index (χ4n) is 9.28. The van der Waals surface area contributed by atoms with Crippen LogP contribution in [0.25, 0.3) is 76.3 Å². The van der Waals surface area contributed by atoms with Crippen LogP contribution in [0.2, 0.25) is 0 Å². The summed E-state index contributed by atoms with van der Waals surface area (Å²) in [7, 11) is 0. The number of hydrogen-bond acceptors (Lipinski definition) is 4. The van der Waals surface area contributed by atoms with Gasteiger partial charge in [0.05, 0.1) is 16.8 Å². The minimum atomic E-state index is -0.459. The molecule has 12 rings (SSSR count). The Bertz CT molecular complexity index is 3100. The van der Waals surface area contributed by atoms with Crippen LogP contribution >= 0.6 is 23.1 Å². The van der Waals surface area contributed by atoms with E-state index in [9.17, 15) is 0 Å². The lowest BCUT2D eigenvalue weighted by atomic mass is 9.67. The molecule has 0 saturated heterocycles. The van der Waals surface area contributed by atoms with Crippen LogP contribution < -0.4 is 0 Å². The van der Waals surface area contributed by atoms with Gasteiger partial charge in [-0.15, -0.1) is 11.3 Å². The Balaban J connectivity index is 1.05. The van der Waals surface area contributed by atoms with Gasteiger partial charge in [-0.2, -0.15) is 0 Å². The molecule has 4 heteroatoms. The summed E-state index contributed by atoms with van der Waals surface area (Å²) >= 11 is 3.79. The molecule has 57 heavy (non-hydrogen) atoms. The van der Waals surface area contributed by atoms with Gasteiger partial charge in [0.1, 0.15) is 0 Å². The summed E-state index contributed by atoms with van der Waals surface area (Å²) < 4.78 is 2.66. The zero-order chi connectivity index (χ0) is 37.5. The fraction of sp³-hybridized carbons (Fsp3) is 0.0189.